The zero-order valence-electron chi connectivity index (χ0n) is 9.95. The Kier molecular flexibility index (Phi) is 5.22. The maximum atomic E-state index is 12.1. The number of carbonyl (C=O) groups is 1. The lowest BCUT2D eigenvalue weighted by Crippen LogP contribution is -2.13. The number of thioether (sulfide) groups is 1. The van der Waals surface area contributed by atoms with Gasteiger partial charge in [-0.15, -0.1) is 0 Å². The van der Waals surface area contributed by atoms with Gasteiger partial charge in [0, 0.05) is 18.4 Å². The van der Waals surface area contributed by atoms with Gasteiger partial charge in [-0.3, -0.25) is 4.79 Å². The zero-order valence-corrected chi connectivity index (χ0v) is 10.8. The summed E-state index contributed by atoms with van der Waals surface area (Å²) in [6.45, 7) is 1.71. The van der Waals surface area contributed by atoms with E-state index < -0.39 is 11.6 Å². The Morgan fingerprint density at radius 3 is 2.28 bits per heavy atom. The van der Waals surface area contributed by atoms with E-state index in [1.54, 1.807) is 6.92 Å². The molecular formula is C12H13F3O2S. The van der Waals surface area contributed by atoms with Crippen molar-refractivity contribution in [1.82, 2.24) is 0 Å². The summed E-state index contributed by atoms with van der Waals surface area (Å²) >= 11 is -0.183. The molecule has 1 unspecified atom stereocenters. The average molecular weight is 278 g/mol. The molecule has 2 nitrogen and oxygen atoms in total. The Hall–Kier alpha value is -1.01. The number of ether oxygens (including phenoxy) is 1. The minimum Gasteiger partial charge on any atom is -0.369 e. The van der Waals surface area contributed by atoms with E-state index in [1.165, 1.54) is 31.4 Å². The molecule has 1 aromatic rings. The van der Waals surface area contributed by atoms with Gasteiger partial charge in [0.1, 0.15) is 6.10 Å². The minimum atomic E-state index is -4.30. The first-order valence-electron chi connectivity index (χ1n) is 5.28. The molecule has 1 atom stereocenters. The summed E-state index contributed by atoms with van der Waals surface area (Å²) in [5.41, 5.74) is -3.74. The van der Waals surface area contributed by atoms with Crippen LogP contribution in [0.2, 0.25) is 0 Å². The minimum absolute atomic E-state index is 0.0880. The quantitative estimate of drug-likeness (QED) is 0.762. The monoisotopic (exact) mass is 278 g/mol. The number of Topliss-reactive ketones (excluding diaryl/α,β-unsaturated/α-hetero) is 1. The molecule has 0 spiro atoms. The van der Waals surface area contributed by atoms with Gasteiger partial charge in [-0.25, -0.2) is 0 Å². The van der Waals surface area contributed by atoms with Crippen molar-refractivity contribution < 1.29 is 22.7 Å². The Bertz CT molecular complexity index is 401. The third-order valence-corrected chi connectivity index (χ3v) is 3.03. The van der Waals surface area contributed by atoms with E-state index in [9.17, 15) is 18.0 Å². The molecule has 0 radical (unpaired) electrons. The number of ketones is 1. The molecular weight excluding hydrogens is 265 g/mol. The van der Waals surface area contributed by atoms with Crippen LogP contribution in [0.1, 0.15) is 25.0 Å². The number of carbonyl (C=O) groups excluding carboxylic acids is 1. The number of hydrogen-bond donors (Lipinski definition) is 0. The highest BCUT2D eigenvalue weighted by Gasteiger charge is 2.29. The normalized spacial score (nSPS) is 13.4. The van der Waals surface area contributed by atoms with Crippen molar-refractivity contribution in [1.29, 1.82) is 0 Å². The average Bonchev–Trinajstić information content (AvgIpc) is 2.30. The maximum absolute atomic E-state index is 12.1. The number of alkyl halides is 3. The number of halogens is 3. The summed E-state index contributed by atoms with van der Waals surface area (Å²) in [7, 11) is 1.40. The highest BCUT2D eigenvalue weighted by Crippen LogP contribution is 2.37. The van der Waals surface area contributed by atoms with E-state index in [0.29, 0.717) is 12.0 Å². The highest BCUT2D eigenvalue weighted by molar-refractivity contribution is 8.00. The van der Waals surface area contributed by atoms with Crippen molar-refractivity contribution in [2.24, 2.45) is 0 Å². The molecule has 0 saturated heterocycles. The Morgan fingerprint density at radius 1 is 1.33 bits per heavy atom. The van der Waals surface area contributed by atoms with Crippen molar-refractivity contribution in [2.75, 3.05) is 7.11 Å². The second kappa shape index (κ2) is 6.24. The van der Waals surface area contributed by atoms with E-state index in [1.807, 2.05) is 0 Å². The molecule has 100 valence electrons. The lowest BCUT2D eigenvalue weighted by atomic mass is 10.0. The van der Waals surface area contributed by atoms with Gasteiger partial charge in [0.25, 0.3) is 0 Å². The van der Waals surface area contributed by atoms with Gasteiger partial charge in [0.2, 0.25) is 0 Å². The lowest BCUT2D eigenvalue weighted by Gasteiger charge is -2.14. The van der Waals surface area contributed by atoms with Gasteiger partial charge >= 0.3 is 5.51 Å². The van der Waals surface area contributed by atoms with Crippen LogP contribution in [-0.4, -0.2) is 18.4 Å². The smallest absolute Gasteiger partial charge is 0.369 e. The molecule has 1 rings (SSSR count). The van der Waals surface area contributed by atoms with Crippen molar-refractivity contribution in [3.63, 3.8) is 0 Å². The van der Waals surface area contributed by atoms with E-state index in [2.05, 4.69) is 0 Å². The van der Waals surface area contributed by atoms with Crippen LogP contribution in [0, 0.1) is 0 Å². The summed E-state index contributed by atoms with van der Waals surface area (Å²) in [6.07, 6.45) is -0.391. The van der Waals surface area contributed by atoms with Gasteiger partial charge in [-0.2, -0.15) is 13.2 Å². The summed E-state index contributed by atoms with van der Waals surface area (Å²) in [6, 6.07) is 5.64. The molecule has 6 heteroatoms. The number of hydrogen-bond acceptors (Lipinski definition) is 3. The standard InChI is InChI=1S/C12H13F3O2S/c1-3-10(16)11(17-2)8-4-6-9(7-5-8)18-12(13,14)15/h4-7,11H,3H2,1-2H3. The largest absolute Gasteiger partial charge is 0.446 e. The number of rotatable bonds is 5. The van der Waals surface area contributed by atoms with E-state index in [4.69, 9.17) is 4.74 Å². The van der Waals surface area contributed by atoms with Crippen LogP contribution in [0.25, 0.3) is 0 Å². The topological polar surface area (TPSA) is 26.3 Å². The molecule has 0 aliphatic rings. The summed E-state index contributed by atoms with van der Waals surface area (Å²) in [4.78, 5) is 11.6. The third-order valence-electron chi connectivity index (χ3n) is 2.29. The molecule has 0 aliphatic carbocycles. The molecule has 0 heterocycles. The molecule has 0 aliphatic heterocycles. The molecule has 0 N–H and O–H groups in total. The van der Waals surface area contributed by atoms with Crippen molar-refractivity contribution >= 4 is 17.5 Å². The predicted octanol–water partition coefficient (Wildman–Crippen LogP) is 3.97. The van der Waals surface area contributed by atoms with Gasteiger partial charge in [0.05, 0.1) is 0 Å². The number of benzene rings is 1. The fourth-order valence-electron chi connectivity index (χ4n) is 1.48. The highest BCUT2D eigenvalue weighted by atomic mass is 32.2. The van der Waals surface area contributed by atoms with E-state index in [-0.39, 0.29) is 22.4 Å². The Labute approximate surface area is 108 Å². The maximum Gasteiger partial charge on any atom is 0.446 e. The second-order valence-electron chi connectivity index (χ2n) is 3.55. The van der Waals surface area contributed by atoms with Crippen molar-refractivity contribution in [3.8, 4) is 0 Å². The number of methoxy groups -OCH3 is 1. The van der Waals surface area contributed by atoms with Crippen LogP contribution in [0.4, 0.5) is 13.2 Å². The first kappa shape index (κ1) is 15.0. The third kappa shape index (κ3) is 4.34. The molecule has 0 amide bonds. The molecule has 0 bridgehead atoms. The summed E-state index contributed by atoms with van der Waals surface area (Å²) in [5, 5.41) is 0. The lowest BCUT2D eigenvalue weighted by molar-refractivity contribution is -0.128. The van der Waals surface area contributed by atoms with E-state index in [0.717, 1.165) is 0 Å². The van der Waals surface area contributed by atoms with Gasteiger partial charge in [-0.1, -0.05) is 19.1 Å². The van der Waals surface area contributed by atoms with Crippen LogP contribution in [-0.2, 0) is 9.53 Å². The van der Waals surface area contributed by atoms with Crippen molar-refractivity contribution in [3.05, 3.63) is 29.8 Å². The fraction of sp³-hybridized carbons (Fsp3) is 0.417. The van der Waals surface area contributed by atoms with Crippen molar-refractivity contribution in [2.45, 2.75) is 29.9 Å². The summed E-state index contributed by atoms with van der Waals surface area (Å²) in [5.74, 6) is -0.103. The summed E-state index contributed by atoms with van der Waals surface area (Å²) < 4.78 is 41.5. The molecule has 0 saturated carbocycles. The first-order valence-corrected chi connectivity index (χ1v) is 6.10. The Morgan fingerprint density at radius 2 is 1.89 bits per heavy atom. The van der Waals surface area contributed by atoms with Crippen LogP contribution in [0.5, 0.6) is 0 Å². The molecule has 0 fully saturated rings. The van der Waals surface area contributed by atoms with Crippen LogP contribution < -0.4 is 0 Å². The van der Waals surface area contributed by atoms with Crippen LogP contribution >= 0.6 is 11.8 Å². The Balaban J connectivity index is 2.84. The molecule has 18 heavy (non-hydrogen) atoms. The van der Waals surface area contributed by atoms with Gasteiger partial charge in [0.15, 0.2) is 5.78 Å². The zero-order chi connectivity index (χ0) is 13.8. The van der Waals surface area contributed by atoms with E-state index >= 15 is 0 Å². The van der Waals surface area contributed by atoms with Gasteiger partial charge < -0.3 is 4.74 Å². The predicted molar refractivity (Wildman–Crippen MR) is 63.4 cm³/mol. The van der Waals surface area contributed by atoms with Crippen LogP contribution in [0.3, 0.4) is 0 Å². The van der Waals surface area contributed by atoms with Gasteiger partial charge in [-0.05, 0) is 29.5 Å². The molecule has 1 aromatic carbocycles. The fourth-order valence-corrected chi connectivity index (χ4v) is 2.02. The van der Waals surface area contributed by atoms with Crippen LogP contribution in [0.15, 0.2) is 29.2 Å². The first-order chi connectivity index (χ1) is 8.37. The second-order valence-corrected chi connectivity index (χ2v) is 4.69. The SMILES string of the molecule is CCC(=O)C(OC)c1ccc(SC(F)(F)F)cc1. The molecule has 0 aromatic heterocycles.